The van der Waals surface area contributed by atoms with Gasteiger partial charge in [0.25, 0.3) is 0 Å². The molecular weight excluding hydrogens is 371 g/mol. The molecule has 1 saturated carbocycles. The van der Waals surface area contributed by atoms with Gasteiger partial charge in [0.05, 0.1) is 13.7 Å². The summed E-state index contributed by atoms with van der Waals surface area (Å²) in [6, 6.07) is 7.07. The lowest BCUT2D eigenvalue weighted by Crippen LogP contribution is -2.47. The highest BCUT2D eigenvalue weighted by molar-refractivity contribution is 5.85. The smallest absolute Gasteiger partial charge is 0.161 e. The van der Waals surface area contributed by atoms with Crippen LogP contribution in [0.1, 0.15) is 50.6 Å². The predicted octanol–water partition coefficient (Wildman–Crippen LogP) is 4.46. The monoisotopic (exact) mass is 404 g/mol. The van der Waals surface area contributed by atoms with Crippen molar-refractivity contribution in [1.29, 1.82) is 0 Å². The second-order valence-corrected chi connectivity index (χ2v) is 6.97. The summed E-state index contributed by atoms with van der Waals surface area (Å²) in [5, 5.41) is 3.49. The number of hydrogen-bond acceptors (Lipinski definition) is 4. The van der Waals surface area contributed by atoms with Crippen LogP contribution in [0.5, 0.6) is 11.5 Å². The van der Waals surface area contributed by atoms with Gasteiger partial charge in [0, 0.05) is 32.2 Å². The quantitative estimate of drug-likeness (QED) is 0.758. The Labute approximate surface area is 170 Å². The summed E-state index contributed by atoms with van der Waals surface area (Å²) in [5.41, 5.74) is 1.40. The van der Waals surface area contributed by atoms with Gasteiger partial charge in [0.15, 0.2) is 11.5 Å². The zero-order valence-electron chi connectivity index (χ0n) is 16.0. The zero-order valence-corrected chi connectivity index (χ0v) is 17.7. The van der Waals surface area contributed by atoms with Gasteiger partial charge in [-0.2, -0.15) is 0 Å². The second-order valence-electron chi connectivity index (χ2n) is 6.97. The normalized spacial score (nSPS) is 19.8. The molecule has 0 bridgehead atoms. The van der Waals surface area contributed by atoms with E-state index in [1.165, 1.54) is 37.7 Å². The van der Waals surface area contributed by atoms with Crippen LogP contribution in [0.25, 0.3) is 0 Å². The summed E-state index contributed by atoms with van der Waals surface area (Å²) in [7, 11) is 1.71. The molecule has 1 aliphatic carbocycles. The standard InChI is InChI=1S/C20H32N2O2.2ClH/c1-3-24-19-15-17(9-10-18(19)23-2)20(16-7-5-4-6-8-16)22-13-11-21-12-14-22;;/h9-10,15-16,20-21H,3-8,11-14H2,1-2H3;2*1H/t20-;;/m0../s1. The van der Waals surface area contributed by atoms with E-state index in [0.29, 0.717) is 12.6 Å². The van der Waals surface area contributed by atoms with Gasteiger partial charge in [0.2, 0.25) is 0 Å². The van der Waals surface area contributed by atoms with Gasteiger partial charge in [-0.05, 0) is 43.4 Å². The molecule has 1 aromatic carbocycles. The topological polar surface area (TPSA) is 33.7 Å². The predicted molar refractivity (Wildman–Crippen MR) is 112 cm³/mol. The van der Waals surface area contributed by atoms with Crippen molar-refractivity contribution in [1.82, 2.24) is 10.2 Å². The minimum absolute atomic E-state index is 0. The molecule has 3 rings (SSSR count). The van der Waals surface area contributed by atoms with Gasteiger partial charge in [0.1, 0.15) is 0 Å². The van der Waals surface area contributed by atoms with E-state index in [0.717, 1.165) is 43.6 Å². The number of ether oxygens (including phenoxy) is 2. The molecule has 2 aliphatic rings. The molecule has 0 amide bonds. The fraction of sp³-hybridized carbons (Fsp3) is 0.700. The third-order valence-electron chi connectivity index (χ3n) is 5.47. The molecule has 2 fully saturated rings. The fourth-order valence-electron chi connectivity index (χ4n) is 4.34. The number of nitrogens with one attached hydrogen (secondary N) is 1. The number of nitrogens with zero attached hydrogens (tertiary/aromatic N) is 1. The Morgan fingerprint density at radius 3 is 2.38 bits per heavy atom. The van der Waals surface area contributed by atoms with Crippen molar-refractivity contribution in [2.45, 2.75) is 45.1 Å². The Morgan fingerprint density at radius 2 is 1.77 bits per heavy atom. The lowest BCUT2D eigenvalue weighted by molar-refractivity contribution is 0.103. The Morgan fingerprint density at radius 1 is 1.08 bits per heavy atom. The van der Waals surface area contributed by atoms with Crippen LogP contribution in [-0.2, 0) is 0 Å². The molecule has 1 aromatic rings. The van der Waals surface area contributed by atoms with E-state index in [1.807, 2.05) is 6.92 Å². The summed E-state index contributed by atoms with van der Waals surface area (Å²) in [5.74, 6) is 2.48. The van der Waals surface area contributed by atoms with Crippen LogP contribution in [0, 0.1) is 5.92 Å². The second kappa shape index (κ2) is 11.9. The van der Waals surface area contributed by atoms with Crippen molar-refractivity contribution in [2.24, 2.45) is 5.92 Å². The maximum atomic E-state index is 5.84. The van der Waals surface area contributed by atoms with Crippen molar-refractivity contribution < 1.29 is 9.47 Å². The molecule has 0 radical (unpaired) electrons. The van der Waals surface area contributed by atoms with Crippen molar-refractivity contribution in [3.05, 3.63) is 23.8 Å². The van der Waals surface area contributed by atoms with Gasteiger partial charge >= 0.3 is 0 Å². The molecule has 0 spiro atoms. The molecule has 1 heterocycles. The summed E-state index contributed by atoms with van der Waals surface area (Å²) in [6.45, 7) is 7.16. The Kier molecular flexibility index (Phi) is 10.7. The van der Waals surface area contributed by atoms with Crippen LogP contribution in [0.4, 0.5) is 0 Å². The summed E-state index contributed by atoms with van der Waals surface area (Å²) < 4.78 is 11.3. The van der Waals surface area contributed by atoms with Gasteiger partial charge in [-0.1, -0.05) is 25.3 Å². The van der Waals surface area contributed by atoms with Gasteiger partial charge in [-0.3, -0.25) is 4.90 Å². The van der Waals surface area contributed by atoms with Crippen LogP contribution >= 0.6 is 24.8 Å². The minimum atomic E-state index is 0. The fourth-order valence-corrected chi connectivity index (χ4v) is 4.34. The molecular formula is C20H34Cl2N2O2. The lowest BCUT2D eigenvalue weighted by Gasteiger charge is -2.41. The van der Waals surface area contributed by atoms with E-state index in [9.17, 15) is 0 Å². The highest BCUT2D eigenvalue weighted by Gasteiger charge is 2.31. The molecule has 4 nitrogen and oxygen atoms in total. The molecule has 6 heteroatoms. The minimum Gasteiger partial charge on any atom is -0.493 e. The average molecular weight is 405 g/mol. The van der Waals surface area contributed by atoms with Crippen LogP contribution in [0.2, 0.25) is 0 Å². The molecule has 1 atom stereocenters. The number of halogens is 2. The first-order valence-electron chi connectivity index (χ1n) is 9.59. The van der Waals surface area contributed by atoms with Gasteiger partial charge < -0.3 is 14.8 Å². The lowest BCUT2D eigenvalue weighted by atomic mass is 9.80. The number of rotatable bonds is 6. The van der Waals surface area contributed by atoms with Crippen molar-refractivity contribution in [3.8, 4) is 11.5 Å². The number of piperazine rings is 1. The van der Waals surface area contributed by atoms with Gasteiger partial charge in [-0.15, -0.1) is 24.8 Å². The SMILES string of the molecule is CCOc1cc([C@H](C2CCCCC2)N2CCNCC2)ccc1OC.Cl.Cl. The summed E-state index contributed by atoms with van der Waals surface area (Å²) >= 11 is 0. The molecule has 26 heavy (non-hydrogen) atoms. The summed E-state index contributed by atoms with van der Waals surface area (Å²) in [6.07, 6.45) is 6.86. The van der Waals surface area contributed by atoms with E-state index in [-0.39, 0.29) is 24.8 Å². The first kappa shape index (κ1) is 23.4. The molecule has 0 aromatic heterocycles. The van der Waals surface area contributed by atoms with E-state index >= 15 is 0 Å². The Balaban J connectivity index is 0.00000169. The summed E-state index contributed by atoms with van der Waals surface area (Å²) in [4.78, 5) is 2.68. The van der Waals surface area contributed by atoms with E-state index < -0.39 is 0 Å². The van der Waals surface area contributed by atoms with Crippen molar-refractivity contribution in [3.63, 3.8) is 0 Å². The van der Waals surface area contributed by atoms with E-state index in [1.54, 1.807) is 7.11 Å². The van der Waals surface area contributed by atoms with Crippen LogP contribution in [-0.4, -0.2) is 44.8 Å². The molecule has 150 valence electrons. The van der Waals surface area contributed by atoms with Crippen molar-refractivity contribution in [2.75, 3.05) is 39.9 Å². The van der Waals surface area contributed by atoms with E-state index in [2.05, 4.69) is 28.4 Å². The number of methoxy groups -OCH3 is 1. The molecule has 1 aliphatic heterocycles. The maximum Gasteiger partial charge on any atom is 0.161 e. The maximum absolute atomic E-state index is 5.84. The zero-order chi connectivity index (χ0) is 16.8. The van der Waals surface area contributed by atoms with Crippen molar-refractivity contribution >= 4 is 24.8 Å². The number of benzene rings is 1. The largest absolute Gasteiger partial charge is 0.493 e. The average Bonchev–Trinajstić information content (AvgIpc) is 2.64. The van der Waals surface area contributed by atoms with E-state index in [4.69, 9.17) is 9.47 Å². The van der Waals surface area contributed by atoms with Crippen LogP contribution in [0.3, 0.4) is 0 Å². The van der Waals surface area contributed by atoms with Crippen LogP contribution < -0.4 is 14.8 Å². The highest BCUT2D eigenvalue weighted by Crippen LogP contribution is 2.41. The first-order chi connectivity index (χ1) is 11.8. The van der Waals surface area contributed by atoms with Crippen LogP contribution in [0.15, 0.2) is 18.2 Å². The van der Waals surface area contributed by atoms with Gasteiger partial charge in [-0.25, -0.2) is 0 Å². The number of hydrogen-bond donors (Lipinski definition) is 1. The Hall–Kier alpha value is -0.680. The molecule has 1 N–H and O–H groups in total. The third-order valence-corrected chi connectivity index (χ3v) is 5.47. The third kappa shape index (κ3) is 5.66. The molecule has 0 unspecified atom stereocenters. The first-order valence-corrected chi connectivity index (χ1v) is 9.59. The Bertz CT molecular complexity index is 501. The highest BCUT2D eigenvalue weighted by atomic mass is 35.5. The molecule has 1 saturated heterocycles.